The summed E-state index contributed by atoms with van der Waals surface area (Å²) >= 11 is 1.59. The summed E-state index contributed by atoms with van der Waals surface area (Å²) in [5.41, 5.74) is 7.66. The lowest BCUT2D eigenvalue weighted by atomic mass is 10.0. The molecule has 5 heteroatoms. The van der Waals surface area contributed by atoms with Crippen molar-refractivity contribution in [3.8, 4) is 10.6 Å². The highest BCUT2D eigenvalue weighted by molar-refractivity contribution is 7.13. The van der Waals surface area contributed by atoms with E-state index in [0.29, 0.717) is 12.3 Å². The van der Waals surface area contributed by atoms with Crippen molar-refractivity contribution in [3.63, 3.8) is 0 Å². The van der Waals surface area contributed by atoms with Crippen LogP contribution in [0.4, 0.5) is 5.69 Å². The first-order valence-corrected chi connectivity index (χ1v) is 7.50. The van der Waals surface area contributed by atoms with Crippen LogP contribution in [0.15, 0.2) is 35.8 Å². The number of hydrogen-bond acceptors (Lipinski definition) is 4. The molecule has 0 aliphatic heterocycles. The minimum atomic E-state index is -0.464. The minimum Gasteiger partial charge on any atom is -0.325 e. The molecule has 4 nitrogen and oxygen atoms in total. The summed E-state index contributed by atoms with van der Waals surface area (Å²) in [5.74, 6) is 0.267. The van der Waals surface area contributed by atoms with Gasteiger partial charge < -0.3 is 11.1 Å². The van der Waals surface area contributed by atoms with Crippen LogP contribution < -0.4 is 11.1 Å². The topological polar surface area (TPSA) is 68.0 Å². The fraction of sp³-hybridized carbons (Fsp3) is 0.333. The van der Waals surface area contributed by atoms with Crippen molar-refractivity contribution in [2.75, 3.05) is 5.32 Å². The number of rotatable bonds is 5. The second kappa shape index (κ2) is 6.63. The standard InChI is InChI=1S/C15H19N3OS/c1-10(2)9-13(16)14(19)18-12-5-3-11(4-6-12)15-17-7-8-20-15/h3-8,10,13H,9,16H2,1-2H3,(H,18,19). The van der Waals surface area contributed by atoms with Gasteiger partial charge in [-0.2, -0.15) is 0 Å². The van der Waals surface area contributed by atoms with Gasteiger partial charge in [0.05, 0.1) is 6.04 Å². The fourth-order valence-electron chi connectivity index (χ4n) is 1.91. The second-order valence-corrected chi connectivity index (χ2v) is 6.03. The number of hydrogen-bond donors (Lipinski definition) is 2. The fourth-order valence-corrected chi connectivity index (χ4v) is 2.56. The third-order valence-corrected chi connectivity index (χ3v) is 3.72. The maximum atomic E-state index is 11.9. The van der Waals surface area contributed by atoms with Crippen LogP contribution >= 0.6 is 11.3 Å². The molecule has 1 amide bonds. The molecule has 1 atom stereocenters. The van der Waals surface area contributed by atoms with Gasteiger partial charge in [0.15, 0.2) is 0 Å². The van der Waals surface area contributed by atoms with Crippen LogP contribution in [-0.4, -0.2) is 16.9 Å². The molecule has 1 aromatic heterocycles. The van der Waals surface area contributed by atoms with Crippen LogP contribution in [0.25, 0.3) is 10.6 Å². The Labute approximate surface area is 123 Å². The highest BCUT2D eigenvalue weighted by Gasteiger charge is 2.15. The van der Waals surface area contributed by atoms with Gasteiger partial charge in [-0.25, -0.2) is 4.98 Å². The number of carbonyl (C=O) groups excluding carboxylic acids is 1. The van der Waals surface area contributed by atoms with Crippen LogP contribution in [0.1, 0.15) is 20.3 Å². The van der Waals surface area contributed by atoms with Gasteiger partial charge in [-0.1, -0.05) is 13.8 Å². The lowest BCUT2D eigenvalue weighted by Crippen LogP contribution is -2.36. The van der Waals surface area contributed by atoms with Gasteiger partial charge in [0.1, 0.15) is 5.01 Å². The average Bonchev–Trinajstić information content (AvgIpc) is 2.92. The van der Waals surface area contributed by atoms with Crippen LogP contribution in [0, 0.1) is 5.92 Å². The largest absolute Gasteiger partial charge is 0.325 e. The average molecular weight is 289 g/mol. The highest BCUT2D eigenvalue weighted by atomic mass is 32.1. The molecule has 2 rings (SSSR count). The van der Waals surface area contributed by atoms with Gasteiger partial charge in [-0.3, -0.25) is 4.79 Å². The van der Waals surface area contributed by atoms with Crippen molar-refractivity contribution in [2.45, 2.75) is 26.3 Å². The number of aromatic nitrogens is 1. The summed E-state index contributed by atoms with van der Waals surface area (Å²) in [5, 5.41) is 5.75. The van der Waals surface area contributed by atoms with Crippen LogP contribution in [-0.2, 0) is 4.79 Å². The number of amides is 1. The Morgan fingerprint density at radius 2 is 2.05 bits per heavy atom. The molecule has 0 radical (unpaired) electrons. The van der Waals surface area contributed by atoms with Crippen molar-refractivity contribution in [1.82, 2.24) is 4.98 Å². The third kappa shape index (κ3) is 3.88. The molecule has 0 aliphatic carbocycles. The van der Waals surface area contributed by atoms with E-state index < -0.39 is 6.04 Å². The predicted octanol–water partition coefficient (Wildman–Crippen LogP) is 3.12. The van der Waals surface area contributed by atoms with E-state index in [1.807, 2.05) is 29.6 Å². The quantitative estimate of drug-likeness (QED) is 0.888. The molecule has 106 valence electrons. The van der Waals surface area contributed by atoms with Gasteiger partial charge in [-0.05, 0) is 36.6 Å². The van der Waals surface area contributed by atoms with Gasteiger partial charge in [0.25, 0.3) is 0 Å². The maximum absolute atomic E-state index is 11.9. The van der Waals surface area contributed by atoms with E-state index in [4.69, 9.17) is 5.73 Å². The molecule has 0 bridgehead atoms. The third-order valence-electron chi connectivity index (χ3n) is 2.89. The molecular formula is C15H19N3OS. The first kappa shape index (κ1) is 14.7. The predicted molar refractivity (Wildman–Crippen MR) is 83.6 cm³/mol. The molecule has 0 spiro atoms. The number of anilines is 1. The number of nitrogens with one attached hydrogen (secondary N) is 1. The highest BCUT2D eigenvalue weighted by Crippen LogP contribution is 2.23. The normalized spacial score (nSPS) is 12.4. The molecule has 0 saturated carbocycles. The molecule has 0 fully saturated rings. The summed E-state index contributed by atoms with van der Waals surface area (Å²) < 4.78 is 0. The molecule has 3 N–H and O–H groups in total. The Morgan fingerprint density at radius 3 is 2.60 bits per heavy atom. The molecule has 2 aromatic rings. The van der Waals surface area contributed by atoms with Crippen molar-refractivity contribution >= 4 is 22.9 Å². The molecular weight excluding hydrogens is 270 g/mol. The van der Waals surface area contributed by atoms with E-state index in [-0.39, 0.29) is 5.91 Å². The Hall–Kier alpha value is -1.72. The summed E-state index contributed by atoms with van der Waals surface area (Å²) in [6.45, 7) is 4.10. The molecule has 1 aromatic carbocycles. The summed E-state index contributed by atoms with van der Waals surface area (Å²) in [7, 11) is 0. The number of benzene rings is 1. The molecule has 0 saturated heterocycles. The van der Waals surface area contributed by atoms with E-state index in [2.05, 4.69) is 24.1 Å². The van der Waals surface area contributed by atoms with Crippen LogP contribution in [0.5, 0.6) is 0 Å². The summed E-state index contributed by atoms with van der Waals surface area (Å²) in [4.78, 5) is 16.2. The van der Waals surface area contributed by atoms with Gasteiger partial charge in [-0.15, -0.1) is 11.3 Å². The first-order chi connectivity index (χ1) is 9.56. The van der Waals surface area contributed by atoms with Crippen LogP contribution in [0.3, 0.4) is 0 Å². The minimum absolute atomic E-state index is 0.138. The van der Waals surface area contributed by atoms with Gasteiger partial charge in [0.2, 0.25) is 5.91 Å². The molecule has 0 aliphatic rings. The Balaban J connectivity index is 1.99. The molecule has 20 heavy (non-hydrogen) atoms. The number of thiazole rings is 1. The zero-order valence-corrected chi connectivity index (χ0v) is 12.5. The zero-order valence-electron chi connectivity index (χ0n) is 11.7. The smallest absolute Gasteiger partial charge is 0.241 e. The van der Waals surface area contributed by atoms with Crippen molar-refractivity contribution in [1.29, 1.82) is 0 Å². The summed E-state index contributed by atoms with van der Waals surface area (Å²) in [6, 6.07) is 7.17. The van der Waals surface area contributed by atoms with Gasteiger partial charge >= 0.3 is 0 Å². The van der Waals surface area contributed by atoms with E-state index in [1.54, 1.807) is 17.5 Å². The number of nitrogens with zero attached hydrogens (tertiary/aromatic N) is 1. The van der Waals surface area contributed by atoms with Crippen molar-refractivity contribution < 1.29 is 4.79 Å². The SMILES string of the molecule is CC(C)CC(N)C(=O)Nc1ccc(-c2nccs2)cc1. The van der Waals surface area contributed by atoms with E-state index in [1.165, 1.54) is 0 Å². The van der Waals surface area contributed by atoms with Crippen LogP contribution in [0.2, 0.25) is 0 Å². The zero-order chi connectivity index (χ0) is 14.5. The van der Waals surface area contributed by atoms with Crippen molar-refractivity contribution in [3.05, 3.63) is 35.8 Å². The van der Waals surface area contributed by atoms with E-state index in [9.17, 15) is 4.79 Å². The van der Waals surface area contributed by atoms with E-state index >= 15 is 0 Å². The Bertz CT molecular complexity index is 549. The second-order valence-electron chi connectivity index (χ2n) is 5.14. The lowest BCUT2D eigenvalue weighted by molar-refractivity contribution is -0.117. The Morgan fingerprint density at radius 1 is 1.35 bits per heavy atom. The molecule has 1 unspecified atom stereocenters. The number of nitrogens with two attached hydrogens (primary N) is 1. The lowest BCUT2D eigenvalue weighted by Gasteiger charge is -2.14. The van der Waals surface area contributed by atoms with Crippen molar-refractivity contribution in [2.24, 2.45) is 11.7 Å². The monoisotopic (exact) mass is 289 g/mol. The summed E-state index contributed by atoms with van der Waals surface area (Å²) in [6.07, 6.45) is 2.46. The van der Waals surface area contributed by atoms with Gasteiger partial charge in [0, 0.05) is 22.8 Å². The van der Waals surface area contributed by atoms with E-state index in [0.717, 1.165) is 16.3 Å². The first-order valence-electron chi connectivity index (χ1n) is 6.62. The number of carbonyl (C=O) groups is 1. The molecule has 1 heterocycles. The maximum Gasteiger partial charge on any atom is 0.241 e. The Kier molecular flexibility index (Phi) is 4.87.